The molecule has 2 rings (SSSR count). The average molecular weight is 292 g/mol. The summed E-state index contributed by atoms with van der Waals surface area (Å²) in [6.45, 7) is 3.64. The van der Waals surface area contributed by atoms with Crippen LogP contribution in [-0.4, -0.2) is 5.78 Å². The fourth-order valence-electron chi connectivity index (χ4n) is 2.13. The van der Waals surface area contributed by atoms with Gasteiger partial charge in [0.25, 0.3) is 0 Å². The van der Waals surface area contributed by atoms with Crippen molar-refractivity contribution in [1.29, 1.82) is 0 Å². The Hall–Kier alpha value is -2.81. The van der Waals surface area contributed by atoms with E-state index >= 15 is 0 Å². The molecule has 0 bridgehead atoms. The van der Waals surface area contributed by atoms with Crippen LogP contribution in [-0.2, 0) is 4.79 Å². The van der Waals surface area contributed by atoms with E-state index in [9.17, 15) is 4.79 Å². The predicted octanol–water partition coefficient (Wildman–Crippen LogP) is 3.93. The number of carbonyl (C=O) groups is 1. The van der Waals surface area contributed by atoms with Crippen molar-refractivity contribution >= 4 is 29.3 Å². The Bertz CT molecular complexity index is 660. The standard InChI is InChI=1S/C19H20N2O/c1-13(11-15-3-7-17(20)8-4-15)19(22)14(2)12-16-5-9-18(21)10-6-16/h3-12H,20-21H2,1-2H3/b13-11+,14-12+. The number of nitrogen functional groups attached to an aromatic ring is 2. The van der Waals surface area contributed by atoms with E-state index in [1.165, 1.54) is 0 Å². The number of hydrogen-bond donors (Lipinski definition) is 2. The van der Waals surface area contributed by atoms with Gasteiger partial charge in [0, 0.05) is 11.4 Å². The first-order valence-corrected chi connectivity index (χ1v) is 7.08. The molecule has 4 N–H and O–H groups in total. The van der Waals surface area contributed by atoms with Gasteiger partial charge in [-0.25, -0.2) is 0 Å². The van der Waals surface area contributed by atoms with Crippen LogP contribution < -0.4 is 11.5 Å². The van der Waals surface area contributed by atoms with Gasteiger partial charge in [-0.05, 0) is 72.5 Å². The number of rotatable bonds is 4. The van der Waals surface area contributed by atoms with Gasteiger partial charge >= 0.3 is 0 Å². The summed E-state index contributed by atoms with van der Waals surface area (Å²) < 4.78 is 0. The third-order valence-electron chi connectivity index (χ3n) is 3.36. The quantitative estimate of drug-likeness (QED) is 0.662. The summed E-state index contributed by atoms with van der Waals surface area (Å²) in [6, 6.07) is 14.9. The number of nitrogens with two attached hydrogens (primary N) is 2. The van der Waals surface area contributed by atoms with E-state index in [0.29, 0.717) is 22.5 Å². The van der Waals surface area contributed by atoms with Crippen LogP contribution in [0.15, 0.2) is 59.7 Å². The zero-order chi connectivity index (χ0) is 16.1. The van der Waals surface area contributed by atoms with Crippen molar-refractivity contribution in [3.05, 3.63) is 70.8 Å². The summed E-state index contributed by atoms with van der Waals surface area (Å²) in [7, 11) is 0. The summed E-state index contributed by atoms with van der Waals surface area (Å²) >= 11 is 0. The normalized spacial score (nSPS) is 12.3. The molecule has 0 aliphatic carbocycles. The van der Waals surface area contributed by atoms with Crippen molar-refractivity contribution < 1.29 is 4.79 Å². The van der Waals surface area contributed by atoms with Crippen LogP contribution in [0, 0.1) is 0 Å². The first-order chi connectivity index (χ1) is 10.5. The minimum absolute atomic E-state index is 0.0219. The lowest BCUT2D eigenvalue weighted by atomic mass is 10.0. The Morgan fingerprint density at radius 1 is 0.727 bits per heavy atom. The monoisotopic (exact) mass is 292 g/mol. The minimum atomic E-state index is 0.0219. The van der Waals surface area contributed by atoms with Crippen molar-refractivity contribution in [1.82, 2.24) is 0 Å². The van der Waals surface area contributed by atoms with E-state index < -0.39 is 0 Å². The molecule has 3 nitrogen and oxygen atoms in total. The molecule has 0 aliphatic rings. The van der Waals surface area contributed by atoms with E-state index in [-0.39, 0.29) is 5.78 Å². The van der Waals surface area contributed by atoms with Gasteiger partial charge in [-0.3, -0.25) is 4.79 Å². The molecule has 0 fully saturated rings. The Labute approximate surface area is 131 Å². The number of Topliss-reactive ketones (excluding diaryl/α,β-unsaturated/α-hetero) is 1. The Kier molecular flexibility index (Phi) is 4.79. The van der Waals surface area contributed by atoms with Crippen LogP contribution in [0.2, 0.25) is 0 Å². The van der Waals surface area contributed by atoms with Gasteiger partial charge in [0.1, 0.15) is 0 Å². The molecular formula is C19H20N2O. The number of allylic oxidation sites excluding steroid dienone is 2. The van der Waals surface area contributed by atoms with Crippen LogP contribution in [0.5, 0.6) is 0 Å². The summed E-state index contributed by atoms with van der Waals surface area (Å²) in [5.41, 5.74) is 16.0. The van der Waals surface area contributed by atoms with Gasteiger partial charge in [0.2, 0.25) is 0 Å². The van der Waals surface area contributed by atoms with Crippen LogP contribution in [0.25, 0.3) is 12.2 Å². The van der Waals surface area contributed by atoms with E-state index in [2.05, 4.69) is 0 Å². The van der Waals surface area contributed by atoms with Crippen molar-refractivity contribution in [2.24, 2.45) is 0 Å². The first-order valence-electron chi connectivity index (χ1n) is 7.08. The highest BCUT2D eigenvalue weighted by atomic mass is 16.1. The zero-order valence-corrected chi connectivity index (χ0v) is 12.8. The number of carbonyl (C=O) groups excluding carboxylic acids is 1. The maximum absolute atomic E-state index is 12.4. The van der Waals surface area contributed by atoms with E-state index in [1.807, 2.05) is 74.5 Å². The molecule has 0 aromatic heterocycles. The van der Waals surface area contributed by atoms with Crippen LogP contribution in [0.1, 0.15) is 25.0 Å². The predicted molar refractivity (Wildman–Crippen MR) is 94.0 cm³/mol. The van der Waals surface area contributed by atoms with Crippen LogP contribution in [0.4, 0.5) is 11.4 Å². The van der Waals surface area contributed by atoms with E-state index in [4.69, 9.17) is 11.5 Å². The largest absolute Gasteiger partial charge is 0.399 e. The zero-order valence-electron chi connectivity index (χ0n) is 12.8. The van der Waals surface area contributed by atoms with Crippen molar-refractivity contribution in [2.45, 2.75) is 13.8 Å². The molecule has 0 amide bonds. The van der Waals surface area contributed by atoms with E-state index in [1.54, 1.807) is 0 Å². The molecule has 0 atom stereocenters. The molecular weight excluding hydrogens is 272 g/mol. The highest BCUT2D eigenvalue weighted by molar-refractivity contribution is 6.12. The maximum Gasteiger partial charge on any atom is 0.184 e. The number of benzene rings is 2. The second-order valence-electron chi connectivity index (χ2n) is 5.32. The summed E-state index contributed by atoms with van der Waals surface area (Å²) in [5.74, 6) is 0.0219. The SMILES string of the molecule is C/C(=C\c1ccc(N)cc1)C(=O)/C(C)=C/c1ccc(N)cc1. The number of ketones is 1. The lowest BCUT2D eigenvalue weighted by molar-refractivity contribution is -0.112. The van der Waals surface area contributed by atoms with Crippen molar-refractivity contribution in [2.75, 3.05) is 11.5 Å². The molecule has 0 saturated heterocycles. The average Bonchev–Trinajstić information content (AvgIpc) is 2.51. The van der Waals surface area contributed by atoms with Gasteiger partial charge in [-0.15, -0.1) is 0 Å². The highest BCUT2D eigenvalue weighted by Crippen LogP contribution is 2.16. The lowest BCUT2D eigenvalue weighted by Gasteiger charge is -2.03. The molecule has 0 spiro atoms. The highest BCUT2D eigenvalue weighted by Gasteiger charge is 2.07. The van der Waals surface area contributed by atoms with Gasteiger partial charge in [-0.1, -0.05) is 24.3 Å². The third-order valence-corrected chi connectivity index (χ3v) is 3.36. The molecule has 22 heavy (non-hydrogen) atoms. The topological polar surface area (TPSA) is 69.1 Å². The fraction of sp³-hybridized carbons (Fsp3) is 0.105. The second kappa shape index (κ2) is 6.76. The molecule has 112 valence electrons. The first kappa shape index (κ1) is 15.6. The van der Waals surface area contributed by atoms with Crippen molar-refractivity contribution in [3.63, 3.8) is 0 Å². The summed E-state index contributed by atoms with van der Waals surface area (Å²) in [4.78, 5) is 12.4. The summed E-state index contributed by atoms with van der Waals surface area (Å²) in [6.07, 6.45) is 3.73. The minimum Gasteiger partial charge on any atom is -0.399 e. The molecule has 0 radical (unpaired) electrons. The number of hydrogen-bond acceptors (Lipinski definition) is 3. The molecule has 0 unspecified atom stereocenters. The summed E-state index contributed by atoms with van der Waals surface area (Å²) in [5, 5.41) is 0. The lowest BCUT2D eigenvalue weighted by Crippen LogP contribution is -2.01. The third kappa shape index (κ3) is 4.09. The maximum atomic E-state index is 12.4. The molecule has 3 heteroatoms. The molecule has 2 aromatic carbocycles. The molecule has 2 aromatic rings. The van der Waals surface area contributed by atoms with Crippen LogP contribution >= 0.6 is 0 Å². The molecule has 0 aliphatic heterocycles. The number of anilines is 2. The smallest absolute Gasteiger partial charge is 0.184 e. The fourth-order valence-corrected chi connectivity index (χ4v) is 2.13. The second-order valence-corrected chi connectivity index (χ2v) is 5.32. The Morgan fingerprint density at radius 2 is 1.05 bits per heavy atom. The van der Waals surface area contributed by atoms with Gasteiger partial charge in [0.05, 0.1) is 0 Å². The van der Waals surface area contributed by atoms with E-state index in [0.717, 1.165) is 11.1 Å². The Morgan fingerprint density at radius 3 is 1.36 bits per heavy atom. The molecule has 0 heterocycles. The van der Waals surface area contributed by atoms with Gasteiger partial charge in [0.15, 0.2) is 5.78 Å². The Balaban J connectivity index is 2.18. The van der Waals surface area contributed by atoms with Crippen LogP contribution in [0.3, 0.4) is 0 Å². The molecule has 0 saturated carbocycles. The van der Waals surface area contributed by atoms with Gasteiger partial charge < -0.3 is 11.5 Å². The van der Waals surface area contributed by atoms with Gasteiger partial charge in [-0.2, -0.15) is 0 Å². The van der Waals surface area contributed by atoms with Crippen molar-refractivity contribution in [3.8, 4) is 0 Å².